The normalized spacial score (nSPS) is 8.28. The van der Waals surface area contributed by atoms with E-state index in [0.717, 1.165) is 25.7 Å². The zero-order valence-corrected chi connectivity index (χ0v) is 21.0. The number of ketones is 2. The summed E-state index contributed by atoms with van der Waals surface area (Å²) in [5, 5.41) is 32.7. The maximum atomic E-state index is 10.4. The molecular formula is C20H38O8Zr. The Kier molecular flexibility index (Phi) is 38.5. The van der Waals surface area contributed by atoms with E-state index >= 15 is 0 Å². The van der Waals surface area contributed by atoms with E-state index in [1.165, 1.54) is 13.8 Å². The van der Waals surface area contributed by atoms with E-state index in [2.05, 4.69) is 13.8 Å². The number of carboxylic acids is 2. The van der Waals surface area contributed by atoms with Crippen LogP contribution in [0.4, 0.5) is 0 Å². The molecular weight excluding hydrogens is 459 g/mol. The Morgan fingerprint density at radius 3 is 0.897 bits per heavy atom. The average Bonchev–Trinajstić information content (AvgIpc) is 2.57. The second-order valence-electron chi connectivity index (χ2n) is 5.54. The van der Waals surface area contributed by atoms with Crippen molar-refractivity contribution in [3.8, 4) is 0 Å². The van der Waals surface area contributed by atoms with Crippen molar-refractivity contribution in [2.75, 3.05) is 13.2 Å². The molecule has 0 spiro atoms. The second-order valence-corrected chi connectivity index (χ2v) is 5.54. The third-order valence-corrected chi connectivity index (χ3v) is 3.10. The van der Waals surface area contributed by atoms with Gasteiger partial charge in [-0.05, 0) is 26.7 Å². The number of hydrogen-bond acceptors (Lipinski definition) is 6. The maximum absolute atomic E-state index is 10.4. The van der Waals surface area contributed by atoms with Gasteiger partial charge in [0.25, 0.3) is 0 Å². The summed E-state index contributed by atoms with van der Waals surface area (Å²) in [5.74, 6) is -2.99. The molecule has 0 radical (unpaired) electrons. The zero-order chi connectivity index (χ0) is 23.1. The fourth-order valence-corrected chi connectivity index (χ4v) is 1.42. The van der Waals surface area contributed by atoms with Crippen molar-refractivity contribution in [3.05, 3.63) is 11.8 Å². The Labute approximate surface area is 194 Å². The third-order valence-electron chi connectivity index (χ3n) is 3.10. The van der Waals surface area contributed by atoms with E-state index in [1.807, 2.05) is 0 Å². The van der Waals surface area contributed by atoms with Gasteiger partial charge in [0.05, 0.1) is 0 Å². The van der Waals surface area contributed by atoms with Crippen molar-refractivity contribution in [3.63, 3.8) is 0 Å². The van der Waals surface area contributed by atoms with E-state index in [0.29, 0.717) is 26.1 Å². The van der Waals surface area contributed by atoms with Gasteiger partial charge < -0.3 is 30.0 Å². The first-order chi connectivity index (χ1) is 13.0. The summed E-state index contributed by atoms with van der Waals surface area (Å²) in [5.41, 5.74) is 0. The molecule has 9 heteroatoms. The number of unbranched alkanes of at least 4 members (excludes halogenated alkanes) is 2. The molecule has 0 aromatic heterocycles. The van der Waals surface area contributed by atoms with E-state index < -0.39 is 11.9 Å². The second kappa shape index (κ2) is 29.0. The smallest absolute Gasteiger partial charge is 0.503 e. The standard InChI is InChI=1S/2C6H9O3.2C4H10O.Zr/c2*1-3-5(4(2)7)6(8)9;2*1-2-3-4-5;/h2*3H2,1-2H3,(H,8,9);2*5H,2-4H2,1H3;/q2*-1;;;+2. The maximum Gasteiger partial charge on any atom is 2.00 e. The number of carboxylic acid groups (broad SMARTS) is 2. The first-order valence-electron chi connectivity index (χ1n) is 9.43. The molecule has 0 fully saturated rings. The van der Waals surface area contributed by atoms with Crippen LogP contribution < -0.4 is 0 Å². The van der Waals surface area contributed by atoms with Gasteiger partial charge in [-0.2, -0.15) is 12.8 Å². The Morgan fingerprint density at radius 1 is 0.655 bits per heavy atom. The Hall–Kier alpha value is -1.18. The SMILES string of the molecule is CCCCO.CCCCO.CC[C-](C(C)=O)C(=O)O.CC[C-](C(C)=O)C(=O)O.[Zr+2]. The Morgan fingerprint density at radius 2 is 0.897 bits per heavy atom. The van der Waals surface area contributed by atoms with Gasteiger partial charge in [0.1, 0.15) is 0 Å². The van der Waals surface area contributed by atoms with Crippen molar-refractivity contribution in [1.82, 2.24) is 0 Å². The topological polar surface area (TPSA) is 149 Å². The summed E-state index contributed by atoms with van der Waals surface area (Å²) >= 11 is 0. The van der Waals surface area contributed by atoms with Crippen molar-refractivity contribution in [1.29, 1.82) is 0 Å². The minimum atomic E-state index is -1.11. The summed E-state index contributed by atoms with van der Waals surface area (Å²) in [4.78, 5) is 41.0. The van der Waals surface area contributed by atoms with Gasteiger partial charge in [0.15, 0.2) is 11.9 Å². The molecule has 0 saturated heterocycles. The Balaban J connectivity index is -0.0000000907. The first kappa shape index (κ1) is 38.4. The minimum absolute atomic E-state index is 0. The van der Waals surface area contributed by atoms with Crippen LogP contribution in [-0.2, 0) is 45.4 Å². The monoisotopic (exact) mass is 496 g/mol. The van der Waals surface area contributed by atoms with Crippen LogP contribution in [0, 0.1) is 11.8 Å². The number of carbonyl (C=O) groups excluding carboxylic acids is 2. The number of aliphatic hydroxyl groups is 2. The molecule has 170 valence electrons. The quantitative estimate of drug-likeness (QED) is 0.266. The molecule has 0 unspecified atom stereocenters. The van der Waals surface area contributed by atoms with Crippen LogP contribution in [0.2, 0.25) is 0 Å². The number of aliphatic carboxylic acids is 2. The van der Waals surface area contributed by atoms with Gasteiger partial charge in [-0.15, -0.1) is 0 Å². The molecule has 0 atom stereocenters. The minimum Gasteiger partial charge on any atom is -0.503 e. The van der Waals surface area contributed by atoms with E-state index in [1.54, 1.807) is 13.8 Å². The van der Waals surface area contributed by atoms with Crippen LogP contribution in [0.5, 0.6) is 0 Å². The third kappa shape index (κ3) is 31.7. The summed E-state index contributed by atoms with van der Waals surface area (Å²) in [6.07, 6.45) is 4.67. The molecule has 0 aromatic carbocycles. The van der Waals surface area contributed by atoms with Gasteiger partial charge >= 0.3 is 26.2 Å². The largest absolute Gasteiger partial charge is 2.00 e. The predicted molar refractivity (Wildman–Crippen MR) is 108 cm³/mol. The first-order valence-corrected chi connectivity index (χ1v) is 9.43. The van der Waals surface area contributed by atoms with E-state index in [4.69, 9.17) is 20.4 Å². The molecule has 0 heterocycles. The summed E-state index contributed by atoms with van der Waals surface area (Å²) in [6, 6.07) is 0. The van der Waals surface area contributed by atoms with Crippen molar-refractivity contribution in [2.45, 2.75) is 80.1 Å². The van der Waals surface area contributed by atoms with Crippen LogP contribution in [0.15, 0.2) is 0 Å². The number of hydrogen-bond donors (Lipinski definition) is 4. The van der Waals surface area contributed by atoms with Crippen LogP contribution in [-0.4, -0.2) is 57.1 Å². The van der Waals surface area contributed by atoms with Gasteiger partial charge in [0, 0.05) is 24.8 Å². The molecule has 8 nitrogen and oxygen atoms in total. The molecule has 0 aliphatic carbocycles. The van der Waals surface area contributed by atoms with Crippen LogP contribution in [0.3, 0.4) is 0 Å². The molecule has 0 aromatic rings. The summed E-state index contributed by atoms with van der Waals surface area (Å²) in [7, 11) is 0. The summed E-state index contributed by atoms with van der Waals surface area (Å²) < 4.78 is 0. The fraction of sp³-hybridized carbons (Fsp3) is 0.700. The molecule has 4 N–H and O–H groups in total. The number of aliphatic hydroxyl groups excluding tert-OH is 2. The predicted octanol–water partition coefficient (Wildman–Crippen LogP) is 2.84. The van der Waals surface area contributed by atoms with Gasteiger partial charge in [0.2, 0.25) is 0 Å². The molecule has 0 aliphatic rings. The molecule has 0 aliphatic heterocycles. The summed E-state index contributed by atoms with van der Waals surface area (Å²) in [6.45, 7) is 10.6. The van der Waals surface area contributed by atoms with Crippen LogP contribution >= 0.6 is 0 Å². The van der Waals surface area contributed by atoms with E-state index in [-0.39, 0.29) is 49.6 Å². The van der Waals surface area contributed by atoms with Crippen molar-refractivity contribution < 1.29 is 65.8 Å². The number of Topliss-reactive ketones (excluding diaryl/α,β-unsaturated/α-hetero) is 2. The zero-order valence-electron chi connectivity index (χ0n) is 18.6. The van der Waals surface area contributed by atoms with Crippen LogP contribution in [0.1, 0.15) is 80.1 Å². The Bertz CT molecular complexity index is 343. The van der Waals surface area contributed by atoms with Gasteiger partial charge in [-0.1, -0.05) is 40.5 Å². The van der Waals surface area contributed by atoms with Crippen LogP contribution in [0.25, 0.3) is 0 Å². The van der Waals surface area contributed by atoms with Crippen molar-refractivity contribution >= 4 is 23.5 Å². The average molecular weight is 498 g/mol. The number of rotatable bonds is 10. The molecule has 0 bridgehead atoms. The molecule has 0 rings (SSSR count). The van der Waals surface area contributed by atoms with Gasteiger partial charge in [-0.3, -0.25) is 9.59 Å². The molecule has 0 amide bonds. The van der Waals surface area contributed by atoms with E-state index in [9.17, 15) is 19.2 Å². The van der Waals surface area contributed by atoms with Crippen molar-refractivity contribution in [2.24, 2.45) is 0 Å². The number of carbonyl (C=O) groups is 4. The molecule has 29 heavy (non-hydrogen) atoms. The van der Waals surface area contributed by atoms with Gasteiger partial charge in [-0.25, -0.2) is 11.8 Å². The fourth-order valence-electron chi connectivity index (χ4n) is 1.42. The molecule has 0 saturated carbocycles.